The van der Waals surface area contributed by atoms with Gasteiger partial charge in [-0.2, -0.15) is 4.68 Å². The van der Waals surface area contributed by atoms with Gasteiger partial charge in [0.2, 0.25) is 10.0 Å². The van der Waals surface area contributed by atoms with Crippen LogP contribution in [0.1, 0.15) is 10.4 Å². The van der Waals surface area contributed by atoms with Crippen molar-refractivity contribution in [3.8, 4) is 5.69 Å². The molecule has 0 aliphatic carbocycles. The zero-order valence-electron chi connectivity index (χ0n) is 12.5. The first-order valence-corrected chi connectivity index (χ1v) is 8.36. The van der Waals surface area contributed by atoms with Gasteiger partial charge < -0.3 is 5.32 Å². The number of amides is 1. The topological polar surface area (TPSA) is 133 Å². The van der Waals surface area contributed by atoms with Gasteiger partial charge in [0.25, 0.3) is 5.91 Å². The zero-order valence-corrected chi connectivity index (χ0v) is 13.3. The molecule has 0 atom stereocenters. The number of carbonyl (C=O) groups excluding carboxylic acids is 1. The van der Waals surface area contributed by atoms with Crippen LogP contribution in [0.3, 0.4) is 0 Å². The van der Waals surface area contributed by atoms with Crippen LogP contribution in [0.2, 0.25) is 0 Å². The van der Waals surface area contributed by atoms with Crippen molar-refractivity contribution in [3.63, 3.8) is 0 Å². The zero-order chi connectivity index (χ0) is 18.0. The van der Waals surface area contributed by atoms with Gasteiger partial charge in [-0.15, -0.1) is 5.10 Å². The summed E-state index contributed by atoms with van der Waals surface area (Å²) >= 11 is 0. The monoisotopic (exact) mass is 362 g/mol. The number of sulfonamides is 1. The number of nitrogens with zero attached hydrogens (tertiary/aromatic N) is 4. The standard InChI is InChI=1S/C14H11FN6O3S/c15-9-1-6-12(13(7-9)21-8-17-19-20-21)14(22)18-10-2-4-11(5-3-10)25(16,23)24/h1-8H,(H,18,22)(H2,16,23,24). The highest BCUT2D eigenvalue weighted by molar-refractivity contribution is 7.89. The predicted octanol–water partition coefficient (Wildman–Crippen LogP) is 0.701. The number of benzene rings is 2. The van der Waals surface area contributed by atoms with E-state index in [1.165, 1.54) is 36.7 Å². The lowest BCUT2D eigenvalue weighted by Crippen LogP contribution is -2.16. The molecule has 0 unspecified atom stereocenters. The van der Waals surface area contributed by atoms with E-state index in [2.05, 4.69) is 20.8 Å². The molecule has 0 spiro atoms. The lowest BCUT2D eigenvalue weighted by molar-refractivity contribution is 0.102. The van der Waals surface area contributed by atoms with Gasteiger partial charge in [0.15, 0.2) is 0 Å². The molecular weight excluding hydrogens is 351 g/mol. The van der Waals surface area contributed by atoms with Crippen molar-refractivity contribution < 1.29 is 17.6 Å². The fourth-order valence-electron chi connectivity index (χ4n) is 2.08. The van der Waals surface area contributed by atoms with E-state index in [-0.39, 0.29) is 16.1 Å². The highest BCUT2D eigenvalue weighted by Crippen LogP contribution is 2.18. The van der Waals surface area contributed by atoms with Gasteiger partial charge >= 0.3 is 0 Å². The Balaban J connectivity index is 1.89. The number of nitrogens with one attached hydrogen (secondary N) is 1. The fourth-order valence-corrected chi connectivity index (χ4v) is 2.60. The maximum absolute atomic E-state index is 13.5. The number of rotatable bonds is 4. The van der Waals surface area contributed by atoms with E-state index >= 15 is 0 Å². The first-order valence-electron chi connectivity index (χ1n) is 6.82. The summed E-state index contributed by atoms with van der Waals surface area (Å²) in [5.41, 5.74) is 0.622. The summed E-state index contributed by atoms with van der Waals surface area (Å²) in [5, 5.41) is 18.1. The van der Waals surface area contributed by atoms with E-state index in [0.29, 0.717) is 5.69 Å². The van der Waals surface area contributed by atoms with E-state index < -0.39 is 21.7 Å². The van der Waals surface area contributed by atoms with Crippen LogP contribution in [-0.4, -0.2) is 34.5 Å². The third-order valence-corrected chi connectivity index (χ3v) is 4.17. The molecule has 3 aromatic rings. The summed E-state index contributed by atoms with van der Waals surface area (Å²) < 4.78 is 37.1. The van der Waals surface area contributed by atoms with Gasteiger partial charge in [-0.1, -0.05) is 0 Å². The summed E-state index contributed by atoms with van der Waals surface area (Å²) in [5.74, 6) is -1.10. The third kappa shape index (κ3) is 3.67. The largest absolute Gasteiger partial charge is 0.322 e. The Bertz CT molecular complexity index is 1020. The number of tetrazole rings is 1. The minimum atomic E-state index is -3.82. The van der Waals surface area contributed by atoms with Crippen molar-refractivity contribution in [2.24, 2.45) is 5.14 Å². The second kappa shape index (κ2) is 6.37. The maximum atomic E-state index is 13.5. The van der Waals surface area contributed by atoms with Gasteiger partial charge in [0.1, 0.15) is 12.1 Å². The van der Waals surface area contributed by atoms with Gasteiger partial charge in [-0.05, 0) is 46.8 Å². The van der Waals surface area contributed by atoms with Gasteiger partial charge in [0, 0.05) is 11.8 Å². The number of halogens is 1. The molecule has 3 N–H and O–H groups in total. The third-order valence-electron chi connectivity index (χ3n) is 3.24. The Labute approximate surface area is 141 Å². The van der Waals surface area contributed by atoms with Crippen molar-refractivity contribution in [3.05, 3.63) is 60.2 Å². The molecule has 0 fully saturated rings. The summed E-state index contributed by atoms with van der Waals surface area (Å²) in [6.07, 6.45) is 1.23. The molecule has 3 rings (SSSR count). The molecule has 9 nitrogen and oxygen atoms in total. The minimum absolute atomic E-state index is 0.0818. The summed E-state index contributed by atoms with van der Waals surface area (Å²) in [7, 11) is -3.82. The molecule has 0 bridgehead atoms. The molecule has 128 valence electrons. The van der Waals surface area contributed by atoms with Gasteiger partial charge in [0.05, 0.1) is 16.1 Å². The quantitative estimate of drug-likeness (QED) is 0.702. The molecule has 1 aromatic heterocycles. The van der Waals surface area contributed by atoms with Crippen LogP contribution in [0, 0.1) is 5.82 Å². The normalized spacial score (nSPS) is 11.3. The van der Waals surface area contributed by atoms with Gasteiger partial charge in [-0.3, -0.25) is 4.79 Å². The van der Waals surface area contributed by atoms with Crippen LogP contribution in [-0.2, 0) is 10.0 Å². The number of primary sulfonamides is 1. The Hall–Kier alpha value is -3.18. The van der Waals surface area contributed by atoms with Crippen LogP contribution in [0.15, 0.2) is 53.7 Å². The SMILES string of the molecule is NS(=O)(=O)c1ccc(NC(=O)c2ccc(F)cc2-n2cnnn2)cc1. The van der Waals surface area contributed by atoms with Crippen LogP contribution >= 0.6 is 0 Å². The van der Waals surface area contributed by atoms with E-state index in [0.717, 1.165) is 16.8 Å². The molecule has 2 aromatic carbocycles. The first-order chi connectivity index (χ1) is 11.8. The Morgan fingerprint density at radius 3 is 2.48 bits per heavy atom. The summed E-state index contributed by atoms with van der Waals surface area (Å²) in [4.78, 5) is 12.4. The van der Waals surface area contributed by atoms with E-state index in [4.69, 9.17) is 5.14 Å². The summed E-state index contributed by atoms with van der Waals surface area (Å²) in [6.45, 7) is 0. The van der Waals surface area contributed by atoms with Crippen molar-refractivity contribution in [1.29, 1.82) is 0 Å². The van der Waals surface area contributed by atoms with E-state index in [9.17, 15) is 17.6 Å². The number of hydrogen-bond acceptors (Lipinski definition) is 6. The van der Waals surface area contributed by atoms with Gasteiger partial charge in [-0.25, -0.2) is 17.9 Å². The average molecular weight is 362 g/mol. The highest BCUT2D eigenvalue weighted by Gasteiger charge is 2.16. The minimum Gasteiger partial charge on any atom is -0.322 e. The van der Waals surface area contributed by atoms with Crippen LogP contribution in [0.25, 0.3) is 5.69 Å². The van der Waals surface area contributed by atoms with Crippen LogP contribution in [0.5, 0.6) is 0 Å². The highest BCUT2D eigenvalue weighted by atomic mass is 32.2. The number of nitrogens with two attached hydrogens (primary N) is 1. The predicted molar refractivity (Wildman–Crippen MR) is 84.9 cm³/mol. The van der Waals surface area contributed by atoms with E-state index in [1.807, 2.05) is 0 Å². The molecule has 0 aliphatic heterocycles. The molecule has 0 radical (unpaired) electrons. The Morgan fingerprint density at radius 1 is 1.16 bits per heavy atom. The molecular formula is C14H11FN6O3S. The molecule has 11 heteroatoms. The van der Waals surface area contributed by atoms with Crippen LogP contribution in [0.4, 0.5) is 10.1 Å². The lowest BCUT2D eigenvalue weighted by atomic mass is 10.1. The number of anilines is 1. The summed E-state index contributed by atoms with van der Waals surface area (Å²) in [6, 6.07) is 8.84. The molecule has 1 amide bonds. The molecule has 25 heavy (non-hydrogen) atoms. The second-order valence-corrected chi connectivity index (χ2v) is 6.50. The van der Waals surface area contributed by atoms with Crippen molar-refractivity contribution in [1.82, 2.24) is 20.2 Å². The van der Waals surface area contributed by atoms with E-state index in [1.54, 1.807) is 0 Å². The fraction of sp³-hybridized carbons (Fsp3) is 0. The average Bonchev–Trinajstić information content (AvgIpc) is 3.08. The second-order valence-electron chi connectivity index (χ2n) is 4.94. The molecule has 0 aliphatic rings. The lowest BCUT2D eigenvalue weighted by Gasteiger charge is -2.10. The Morgan fingerprint density at radius 2 is 1.88 bits per heavy atom. The molecule has 0 saturated carbocycles. The van der Waals surface area contributed by atoms with Crippen molar-refractivity contribution >= 4 is 21.6 Å². The van der Waals surface area contributed by atoms with Crippen molar-refractivity contribution in [2.75, 3.05) is 5.32 Å². The number of carbonyl (C=O) groups is 1. The molecule has 0 saturated heterocycles. The Kier molecular flexibility index (Phi) is 4.25. The number of aromatic nitrogens is 4. The van der Waals surface area contributed by atoms with Crippen LogP contribution < -0.4 is 10.5 Å². The number of hydrogen-bond donors (Lipinski definition) is 2. The first kappa shape index (κ1) is 16.7. The smallest absolute Gasteiger partial charge is 0.257 e. The molecule has 1 heterocycles. The maximum Gasteiger partial charge on any atom is 0.257 e. The van der Waals surface area contributed by atoms with Crippen molar-refractivity contribution in [2.45, 2.75) is 4.90 Å².